The maximum absolute atomic E-state index is 6.33. The van der Waals surface area contributed by atoms with Crippen LogP contribution in [0.15, 0.2) is 30.5 Å². The lowest BCUT2D eigenvalue weighted by atomic mass is 9.84. The highest BCUT2D eigenvalue weighted by Crippen LogP contribution is 2.35. The van der Waals surface area contributed by atoms with Crippen molar-refractivity contribution in [1.29, 1.82) is 0 Å². The van der Waals surface area contributed by atoms with E-state index < -0.39 is 0 Å². The van der Waals surface area contributed by atoms with Gasteiger partial charge < -0.3 is 10.5 Å². The van der Waals surface area contributed by atoms with Gasteiger partial charge in [0.2, 0.25) is 0 Å². The van der Waals surface area contributed by atoms with Crippen LogP contribution in [-0.4, -0.2) is 57.4 Å². The number of hydrogen-bond donors (Lipinski definition) is 2. The number of nitrogens with one attached hydrogen (secondary N) is 1. The van der Waals surface area contributed by atoms with E-state index in [4.69, 9.17) is 20.4 Å². The first-order valence-corrected chi connectivity index (χ1v) is 10.2. The predicted octanol–water partition coefficient (Wildman–Crippen LogP) is 2.96. The van der Waals surface area contributed by atoms with Crippen molar-refractivity contribution in [3.05, 3.63) is 36.3 Å². The summed E-state index contributed by atoms with van der Waals surface area (Å²) < 4.78 is 5.49. The third-order valence-corrected chi connectivity index (χ3v) is 6.18. The molecule has 0 atom stereocenters. The number of nitrogens with zero attached hydrogens (tertiary/aromatic N) is 4. The Balaban J connectivity index is 1.34. The summed E-state index contributed by atoms with van der Waals surface area (Å²) >= 11 is 0. The van der Waals surface area contributed by atoms with Crippen molar-refractivity contribution in [2.45, 2.75) is 37.6 Å². The lowest BCUT2D eigenvalue weighted by Crippen LogP contribution is -2.44. The lowest BCUT2D eigenvalue weighted by Gasteiger charge is -2.38. The number of aromatic nitrogens is 4. The number of ether oxygens (including phenoxy) is 1. The van der Waals surface area contributed by atoms with Gasteiger partial charge in [-0.25, -0.2) is 9.97 Å². The van der Waals surface area contributed by atoms with E-state index in [1.807, 2.05) is 18.2 Å². The third kappa shape index (κ3) is 3.36. The molecule has 3 N–H and O–H groups in total. The molecule has 0 amide bonds. The van der Waals surface area contributed by atoms with Crippen LogP contribution < -0.4 is 5.73 Å². The molecule has 1 saturated heterocycles. The summed E-state index contributed by atoms with van der Waals surface area (Å²) in [5.41, 5.74) is 9.25. The van der Waals surface area contributed by atoms with Crippen LogP contribution in [0, 0.1) is 0 Å². The average molecular weight is 378 g/mol. The average Bonchev–Trinajstić information content (AvgIpc) is 3.29. The van der Waals surface area contributed by atoms with Crippen LogP contribution in [0.2, 0.25) is 0 Å². The summed E-state index contributed by atoms with van der Waals surface area (Å²) in [5.74, 6) is 1.87. The summed E-state index contributed by atoms with van der Waals surface area (Å²) in [4.78, 5) is 12.2. The van der Waals surface area contributed by atoms with Crippen LogP contribution in [-0.2, 0) is 4.74 Å². The van der Waals surface area contributed by atoms with E-state index in [9.17, 15) is 0 Å². The van der Waals surface area contributed by atoms with E-state index in [0.717, 1.165) is 67.1 Å². The predicted molar refractivity (Wildman–Crippen MR) is 109 cm³/mol. The van der Waals surface area contributed by atoms with Gasteiger partial charge in [0.25, 0.3) is 0 Å². The van der Waals surface area contributed by atoms with E-state index in [-0.39, 0.29) is 0 Å². The molecular weight excluding hydrogens is 352 g/mol. The van der Waals surface area contributed by atoms with Crippen LogP contribution in [0.3, 0.4) is 0 Å². The number of nitrogens with two attached hydrogens (primary N) is 1. The standard InChI is InChI=1S/C21H26N6O/c22-20-17-13-15(18-7-8-23-26-18)3-6-19(17)24-21(25-20)14-1-4-16(5-2-14)27-9-11-28-12-10-27/h3,6-8,13-14,16H,1-2,4-5,9-12H2,(H,23,26)(H2,22,24,25). The Morgan fingerprint density at radius 1 is 1.04 bits per heavy atom. The first-order valence-electron chi connectivity index (χ1n) is 10.2. The highest BCUT2D eigenvalue weighted by Gasteiger charge is 2.29. The molecule has 1 saturated carbocycles. The van der Waals surface area contributed by atoms with E-state index >= 15 is 0 Å². The fourth-order valence-electron chi connectivity index (χ4n) is 4.58. The van der Waals surface area contributed by atoms with E-state index in [1.54, 1.807) is 6.20 Å². The molecule has 0 bridgehead atoms. The number of rotatable bonds is 3. The number of fused-ring (bicyclic) bond motifs is 1. The second kappa shape index (κ2) is 7.48. The van der Waals surface area contributed by atoms with Gasteiger partial charge in [0.1, 0.15) is 11.6 Å². The van der Waals surface area contributed by atoms with Gasteiger partial charge in [0.05, 0.1) is 24.4 Å². The second-order valence-corrected chi connectivity index (χ2v) is 7.82. The number of benzene rings is 1. The van der Waals surface area contributed by atoms with E-state index in [1.165, 1.54) is 12.8 Å². The molecule has 1 aromatic carbocycles. The van der Waals surface area contributed by atoms with Crippen molar-refractivity contribution in [2.24, 2.45) is 0 Å². The minimum Gasteiger partial charge on any atom is -0.383 e. The van der Waals surface area contributed by atoms with Gasteiger partial charge in [0, 0.05) is 42.2 Å². The molecule has 2 aromatic heterocycles. The molecular formula is C21H26N6O. The first kappa shape index (κ1) is 17.6. The van der Waals surface area contributed by atoms with Gasteiger partial charge in [-0.3, -0.25) is 10.00 Å². The molecule has 146 valence electrons. The van der Waals surface area contributed by atoms with Crippen LogP contribution in [0.4, 0.5) is 5.82 Å². The highest BCUT2D eigenvalue weighted by molar-refractivity contribution is 5.91. The molecule has 3 heterocycles. The Bertz CT molecular complexity index is 943. The highest BCUT2D eigenvalue weighted by atomic mass is 16.5. The molecule has 3 aromatic rings. The summed E-state index contributed by atoms with van der Waals surface area (Å²) in [5, 5.41) is 7.91. The largest absolute Gasteiger partial charge is 0.383 e. The molecule has 7 heteroatoms. The normalized spacial score (nSPS) is 23.9. The molecule has 7 nitrogen and oxygen atoms in total. The van der Waals surface area contributed by atoms with Crippen molar-refractivity contribution in [3.8, 4) is 11.3 Å². The third-order valence-electron chi connectivity index (χ3n) is 6.18. The molecule has 0 spiro atoms. The molecule has 5 rings (SSSR count). The zero-order chi connectivity index (χ0) is 18.9. The summed E-state index contributed by atoms with van der Waals surface area (Å²) in [6, 6.07) is 8.75. The van der Waals surface area contributed by atoms with Gasteiger partial charge in [-0.15, -0.1) is 0 Å². The second-order valence-electron chi connectivity index (χ2n) is 7.82. The number of nitrogen functional groups attached to an aromatic ring is 1. The molecule has 0 radical (unpaired) electrons. The fraction of sp³-hybridized carbons (Fsp3) is 0.476. The monoisotopic (exact) mass is 378 g/mol. The van der Waals surface area contributed by atoms with Gasteiger partial charge in [-0.05, 0) is 43.9 Å². The van der Waals surface area contributed by atoms with Crippen LogP contribution >= 0.6 is 0 Å². The number of morpholine rings is 1. The quantitative estimate of drug-likeness (QED) is 0.728. The number of H-pyrrole nitrogens is 1. The molecule has 2 fully saturated rings. The molecule has 0 unspecified atom stereocenters. The molecule has 1 aliphatic heterocycles. The Hall–Kier alpha value is -2.51. The zero-order valence-electron chi connectivity index (χ0n) is 16.0. The fourth-order valence-corrected chi connectivity index (χ4v) is 4.58. The Morgan fingerprint density at radius 3 is 2.61 bits per heavy atom. The molecule has 1 aliphatic carbocycles. The maximum Gasteiger partial charge on any atom is 0.135 e. The van der Waals surface area contributed by atoms with Gasteiger partial charge >= 0.3 is 0 Å². The minimum atomic E-state index is 0.399. The zero-order valence-corrected chi connectivity index (χ0v) is 16.0. The molecule has 28 heavy (non-hydrogen) atoms. The van der Waals surface area contributed by atoms with Crippen molar-refractivity contribution in [3.63, 3.8) is 0 Å². The van der Waals surface area contributed by atoms with E-state index in [0.29, 0.717) is 17.8 Å². The topological polar surface area (TPSA) is 92.9 Å². The number of aromatic amines is 1. The van der Waals surface area contributed by atoms with Crippen LogP contribution in [0.5, 0.6) is 0 Å². The lowest BCUT2D eigenvalue weighted by molar-refractivity contribution is 0.00712. The number of anilines is 1. The summed E-state index contributed by atoms with van der Waals surface area (Å²) in [6.45, 7) is 3.86. The van der Waals surface area contributed by atoms with Crippen LogP contribution in [0.25, 0.3) is 22.2 Å². The first-order chi connectivity index (χ1) is 13.8. The Morgan fingerprint density at radius 2 is 1.86 bits per heavy atom. The van der Waals surface area contributed by atoms with Crippen molar-refractivity contribution in [1.82, 2.24) is 25.1 Å². The van der Waals surface area contributed by atoms with E-state index in [2.05, 4.69) is 21.2 Å². The maximum atomic E-state index is 6.33. The summed E-state index contributed by atoms with van der Waals surface area (Å²) in [7, 11) is 0. The van der Waals surface area contributed by atoms with Gasteiger partial charge in [0.15, 0.2) is 0 Å². The number of hydrogen-bond acceptors (Lipinski definition) is 6. The van der Waals surface area contributed by atoms with Crippen LogP contribution in [0.1, 0.15) is 37.4 Å². The minimum absolute atomic E-state index is 0.399. The molecule has 2 aliphatic rings. The van der Waals surface area contributed by atoms with Gasteiger partial charge in [-0.1, -0.05) is 6.07 Å². The smallest absolute Gasteiger partial charge is 0.135 e. The van der Waals surface area contributed by atoms with Crippen molar-refractivity contribution >= 4 is 16.7 Å². The summed E-state index contributed by atoms with van der Waals surface area (Å²) in [6.07, 6.45) is 6.39. The van der Waals surface area contributed by atoms with Crippen molar-refractivity contribution in [2.75, 3.05) is 32.0 Å². The van der Waals surface area contributed by atoms with Crippen molar-refractivity contribution < 1.29 is 4.74 Å². The Kier molecular flexibility index (Phi) is 4.70. The SMILES string of the molecule is Nc1nc(C2CCC(N3CCOCC3)CC2)nc2ccc(-c3ccn[nH]3)cc12. The van der Waals surface area contributed by atoms with Gasteiger partial charge in [-0.2, -0.15) is 5.10 Å². The Labute approximate surface area is 164 Å².